The van der Waals surface area contributed by atoms with Crippen LogP contribution in [0.15, 0.2) is 420 Å². The largest absolute Gasteiger partial charge is 0.452 e. The van der Waals surface area contributed by atoms with Gasteiger partial charge in [-0.3, -0.25) is 13.7 Å². The van der Waals surface area contributed by atoms with Crippen molar-refractivity contribution in [3.05, 3.63) is 406 Å². The summed E-state index contributed by atoms with van der Waals surface area (Å²) in [6, 6.07) is 128. The van der Waals surface area contributed by atoms with Crippen molar-refractivity contribution in [3.63, 3.8) is 0 Å². The third kappa shape index (κ3) is 11.3. The molecule has 0 N–H and O–H groups in total. The molecule has 31 rings (SSSR count). The van der Waals surface area contributed by atoms with Gasteiger partial charge in [-0.25, -0.2) is 29.9 Å². The molecule has 0 aliphatic carbocycles. The normalized spacial score (nSPS) is 12.7. The second-order valence-corrected chi connectivity index (χ2v) is 37.2. The number of aromatic nitrogens is 9. The van der Waals surface area contributed by atoms with Crippen molar-refractivity contribution >= 4 is 258 Å². The molecule has 0 atom stereocenters. The van der Waals surface area contributed by atoms with Crippen molar-refractivity contribution in [1.82, 2.24) is 43.6 Å². The molecule has 0 unspecified atom stereocenters. The van der Waals surface area contributed by atoms with Crippen molar-refractivity contribution in [1.29, 1.82) is 0 Å². The van der Waals surface area contributed by atoms with Gasteiger partial charge in [-0.05, 0) is 106 Å². The number of nitrogens with zero attached hydrogens (tertiary/aromatic N) is 9. The molecule has 0 saturated carbocycles. The minimum absolute atomic E-state index is 0.0359. The van der Waals surface area contributed by atoms with Gasteiger partial charge in [0.25, 0.3) is 0 Å². The number of rotatable bonds is 7. The lowest BCUT2D eigenvalue weighted by Gasteiger charge is -2.12. The van der Waals surface area contributed by atoms with Gasteiger partial charge in [0, 0.05) is 142 Å². The Morgan fingerprint density at radius 1 is 0.215 bits per heavy atom. The van der Waals surface area contributed by atoms with E-state index in [0.29, 0.717) is 40.1 Å². The quantitative estimate of drug-likeness (QED) is 0.153. The fourth-order valence-electron chi connectivity index (χ4n) is 21.0. The van der Waals surface area contributed by atoms with E-state index in [2.05, 4.69) is 287 Å². The maximum Gasteiger partial charge on any atom is 0.236 e. The lowest BCUT2D eigenvalue weighted by Crippen LogP contribution is -2.03. The van der Waals surface area contributed by atoms with E-state index in [1.54, 1.807) is 11.3 Å². The Hall–Kier alpha value is -17.3. The highest BCUT2D eigenvalue weighted by Crippen LogP contribution is 2.54. The summed E-state index contributed by atoms with van der Waals surface area (Å²) < 4.78 is 76.2. The van der Waals surface area contributed by atoms with E-state index >= 15 is 0 Å². The van der Waals surface area contributed by atoms with Gasteiger partial charge in [0.2, 0.25) is 17.8 Å². The maximum atomic E-state index is 8.86. The predicted octanol–water partition coefficient (Wildman–Crippen LogP) is 33.7. The number of furan rings is 3. The Kier molecular flexibility index (Phi) is 15.5. The first-order chi connectivity index (χ1) is 69.1. The first-order valence-electron chi connectivity index (χ1n) is 47.2. The molecule has 15 heteroatoms. The van der Waals surface area contributed by atoms with Crippen LogP contribution in [0.25, 0.3) is 287 Å². The lowest BCUT2D eigenvalue weighted by atomic mass is 10.00. The summed E-state index contributed by atoms with van der Waals surface area (Å²) in [5.41, 5.74) is 18.1. The third-order valence-electron chi connectivity index (χ3n) is 26.7. The summed E-state index contributed by atoms with van der Waals surface area (Å²) in [4.78, 5) is 31.6. The zero-order valence-electron chi connectivity index (χ0n) is 76.3. The van der Waals surface area contributed by atoms with Crippen LogP contribution in [0, 0.1) is 0 Å². The molecule has 0 aliphatic heterocycles. The van der Waals surface area contributed by atoms with E-state index in [-0.39, 0.29) is 28.9 Å². The summed E-state index contributed by atoms with van der Waals surface area (Å²) in [6.07, 6.45) is 0. The van der Waals surface area contributed by atoms with Crippen molar-refractivity contribution in [2.45, 2.75) is 0 Å². The maximum absolute atomic E-state index is 8.86. The summed E-state index contributed by atoms with van der Waals surface area (Å²) in [5, 5.41) is 24.3. The molecule has 135 heavy (non-hydrogen) atoms. The molecule has 628 valence electrons. The van der Waals surface area contributed by atoms with Crippen LogP contribution in [0.5, 0.6) is 0 Å². The van der Waals surface area contributed by atoms with Crippen LogP contribution in [0.3, 0.4) is 0 Å². The van der Waals surface area contributed by atoms with Crippen molar-refractivity contribution in [3.8, 4) is 62.7 Å². The number of fused-ring (bicyclic) bond motifs is 39. The van der Waals surface area contributed by atoms with Gasteiger partial charge in [0.1, 0.15) is 50.4 Å². The average molecular weight is 1780 g/mol. The second kappa shape index (κ2) is 29.6. The highest BCUT2D eigenvalue weighted by atomic mass is 32.1. The number of hydrogen-bond acceptors (Lipinski definition) is 12. The van der Waals surface area contributed by atoms with Gasteiger partial charge in [-0.1, -0.05) is 327 Å². The zero-order chi connectivity index (χ0) is 92.5. The van der Waals surface area contributed by atoms with Crippen molar-refractivity contribution in [2.24, 2.45) is 0 Å². The molecular formula is C120H67N9O3S3. The molecule has 0 spiro atoms. The van der Waals surface area contributed by atoms with E-state index in [0.717, 1.165) is 127 Å². The fourth-order valence-corrected chi connectivity index (χ4v) is 24.9. The van der Waals surface area contributed by atoms with Gasteiger partial charge >= 0.3 is 0 Å². The first-order valence-corrected chi connectivity index (χ1v) is 47.2. The van der Waals surface area contributed by atoms with E-state index in [4.69, 9.17) is 50.0 Å². The van der Waals surface area contributed by atoms with Crippen LogP contribution in [0.2, 0.25) is 0 Å². The SMILES string of the molecule is [2H]c1c([2H])c([2H])c(-c2nc(-n3c4ccccc4c4c5sc6ccccc6c5c5ccccc5c43)nc3c2oc2ccccc23)c([2H])c1[2H].c1ccc(-c2cccc(-c3nc(-n4c5ccccc5c5c6sc7ccccc7c6c6ccccc6c54)nc4c3oc3ccccc34)c2)cc1.c1ccc(-c2nc(-n3c4ccccc4c4c5sc6ccccc6c5c5ccccc5c43)nc3c2oc2ccccc23)cc1. The first kappa shape index (κ1) is 70.5. The average Bonchev–Trinajstić information content (AvgIpc) is 1.54. The summed E-state index contributed by atoms with van der Waals surface area (Å²) in [5.74, 6) is 1.57. The summed E-state index contributed by atoms with van der Waals surface area (Å²) in [6.45, 7) is 0. The van der Waals surface area contributed by atoms with E-state index in [1.807, 2.05) is 126 Å². The van der Waals surface area contributed by atoms with Crippen molar-refractivity contribution < 1.29 is 20.1 Å². The molecule has 31 aromatic rings. The Balaban J connectivity index is 0.000000101. The molecule has 19 aromatic carbocycles. The molecule has 12 heterocycles. The monoisotopic (exact) mass is 1780 g/mol. The molecule has 0 bridgehead atoms. The van der Waals surface area contributed by atoms with Crippen LogP contribution in [-0.2, 0) is 0 Å². The third-order valence-corrected chi connectivity index (χ3v) is 30.3. The van der Waals surface area contributed by atoms with Crippen molar-refractivity contribution in [2.75, 3.05) is 0 Å². The van der Waals surface area contributed by atoms with E-state index in [9.17, 15) is 0 Å². The summed E-state index contributed by atoms with van der Waals surface area (Å²) in [7, 11) is 0. The van der Waals surface area contributed by atoms with Gasteiger partial charge in [0.15, 0.2) is 16.7 Å². The van der Waals surface area contributed by atoms with Gasteiger partial charge < -0.3 is 13.3 Å². The topological polar surface area (TPSA) is 132 Å². The van der Waals surface area contributed by atoms with Gasteiger partial charge in [-0.2, -0.15) is 0 Å². The highest BCUT2D eigenvalue weighted by Gasteiger charge is 2.31. The number of thiophene rings is 3. The molecular weight excluding hydrogens is 1710 g/mol. The zero-order valence-corrected chi connectivity index (χ0v) is 73.7. The number of para-hydroxylation sites is 6. The number of benzene rings is 19. The minimum atomic E-state index is -0.468. The molecule has 0 fully saturated rings. The van der Waals surface area contributed by atoms with E-state index in [1.165, 1.54) is 104 Å². The molecule has 0 aliphatic rings. The van der Waals surface area contributed by atoms with Crippen LogP contribution in [-0.4, -0.2) is 43.6 Å². The van der Waals surface area contributed by atoms with Crippen LogP contribution in [0.1, 0.15) is 6.85 Å². The number of hydrogen-bond donors (Lipinski definition) is 0. The minimum Gasteiger partial charge on any atom is -0.452 e. The van der Waals surface area contributed by atoms with E-state index < -0.39 is 18.1 Å². The van der Waals surface area contributed by atoms with Gasteiger partial charge in [-0.15, -0.1) is 34.0 Å². The molecule has 0 saturated heterocycles. The second-order valence-electron chi connectivity index (χ2n) is 34.0. The molecule has 0 radical (unpaired) electrons. The summed E-state index contributed by atoms with van der Waals surface area (Å²) >= 11 is 5.50. The highest BCUT2D eigenvalue weighted by molar-refractivity contribution is 7.28. The van der Waals surface area contributed by atoms with Crippen LogP contribution < -0.4 is 0 Å². The van der Waals surface area contributed by atoms with Crippen LogP contribution >= 0.6 is 34.0 Å². The lowest BCUT2D eigenvalue weighted by molar-refractivity contribution is 0.666. The van der Waals surface area contributed by atoms with Crippen LogP contribution in [0.4, 0.5) is 0 Å². The predicted molar refractivity (Wildman–Crippen MR) is 564 cm³/mol. The molecule has 0 amide bonds. The smallest absolute Gasteiger partial charge is 0.236 e. The Morgan fingerprint density at radius 2 is 0.496 bits per heavy atom. The standard InChI is InChI=1S/C44H25N3OS.2C38H21N3OS/c1-2-13-26(14-3-1)27-15-12-16-28(25-27)39-42-40(32-20-7-10-23-35(32)48-42)46-44(45-39)47-34-22-9-6-19-31(34)38-41(47)30-18-5-4-17-29(30)37-33-21-8-11-24-36(33)49-43(37)38;2*1-2-12-22(13-3-1)33-36-34(26-17-7-10-20-29(26)42-36)40-38(39-33)41-28-19-9-6-16-25(28)32-35(41)24-15-5-4-14-23(24)31-27-18-8-11-21-30(27)43-37(31)32/h1-25H;2*1-21H/i;1D,2D,3D,12D,13D;. The van der Waals surface area contributed by atoms with Gasteiger partial charge in [0.05, 0.1) is 40.0 Å². The Bertz CT molecular complexity index is 10800. The Labute approximate surface area is 785 Å². The fraction of sp³-hybridized carbons (Fsp3) is 0. The molecule has 12 aromatic heterocycles. The molecule has 12 nitrogen and oxygen atoms in total. The Morgan fingerprint density at radius 3 is 0.874 bits per heavy atom.